The Bertz CT molecular complexity index is 439. The Balaban J connectivity index is 1.63. The highest BCUT2D eigenvalue weighted by molar-refractivity contribution is 6.02. The van der Waals surface area contributed by atoms with Crippen LogP contribution in [0.4, 0.5) is 4.79 Å². The lowest BCUT2D eigenvalue weighted by Crippen LogP contribution is -2.49. The Kier molecular flexibility index (Phi) is 2.93. The number of carbonyl (C=O) groups is 3. The fourth-order valence-electron chi connectivity index (χ4n) is 3.17. The lowest BCUT2D eigenvalue weighted by Gasteiger charge is -2.21. The molecule has 7 nitrogen and oxygen atoms in total. The zero-order chi connectivity index (χ0) is 13.6. The maximum absolute atomic E-state index is 12.1. The molecule has 2 heterocycles. The number of imide groups is 1. The molecule has 2 saturated heterocycles. The van der Waals surface area contributed by atoms with Crippen molar-refractivity contribution in [3.05, 3.63) is 0 Å². The molecule has 2 aliphatic heterocycles. The average molecular weight is 267 g/mol. The van der Waals surface area contributed by atoms with E-state index in [1.165, 1.54) is 7.05 Å². The molecule has 0 spiro atoms. The van der Waals surface area contributed by atoms with E-state index < -0.39 is 12.1 Å². The summed E-state index contributed by atoms with van der Waals surface area (Å²) < 4.78 is 5.53. The molecule has 3 rings (SSSR count). The molecule has 0 aromatic carbocycles. The summed E-state index contributed by atoms with van der Waals surface area (Å²) in [5, 5.41) is 1.05. The fraction of sp³-hybridized carbons (Fsp3) is 0.750. The monoisotopic (exact) mass is 267 g/mol. The van der Waals surface area contributed by atoms with Crippen LogP contribution in [-0.4, -0.2) is 54.1 Å². The third-order valence-electron chi connectivity index (χ3n) is 4.29. The second-order valence-corrected chi connectivity index (χ2v) is 5.41. The van der Waals surface area contributed by atoms with Gasteiger partial charge in [0.1, 0.15) is 12.6 Å². The SMILES string of the molecule is CN1C(=O)CN(NC(=O)C2OCC3CCCC32)C1=O. The van der Waals surface area contributed by atoms with Crippen LogP contribution >= 0.6 is 0 Å². The lowest BCUT2D eigenvalue weighted by atomic mass is 9.94. The predicted octanol–water partition coefficient (Wildman–Crippen LogP) is -0.273. The van der Waals surface area contributed by atoms with Crippen molar-refractivity contribution in [1.29, 1.82) is 0 Å². The van der Waals surface area contributed by atoms with Crippen LogP contribution in [0.5, 0.6) is 0 Å². The Morgan fingerprint density at radius 3 is 2.84 bits per heavy atom. The van der Waals surface area contributed by atoms with Crippen LogP contribution in [0, 0.1) is 11.8 Å². The van der Waals surface area contributed by atoms with Crippen molar-refractivity contribution < 1.29 is 19.1 Å². The van der Waals surface area contributed by atoms with Gasteiger partial charge < -0.3 is 4.74 Å². The first-order valence-electron chi connectivity index (χ1n) is 6.58. The zero-order valence-corrected chi connectivity index (χ0v) is 10.8. The van der Waals surface area contributed by atoms with E-state index in [0.717, 1.165) is 29.2 Å². The average Bonchev–Trinajstić information content (AvgIpc) is 3.02. The van der Waals surface area contributed by atoms with Gasteiger partial charge in [-0.15, -0.1) is 0 Å². The van der Waals surface area contributed by atoms with Crippen LogP contribution in [-0.2, 0) is 14.3 Å². The van der Waals surface area contributed by atoms with Crippen molar-refractivity contribution in [3.63, 3.8) is 0 Å². The summed E-state index contributed by atoms with van der Waals surface area (Å²) in [5.74, 6) is 0.0858. The number of rotatable bonds is 2. The molecular weight excluding hydrogens is 250 g/mol. The number of ether oxygens (including phenoxy) is 1. The quantitative estimate of drug-likeness (QED) is 0.698. The molecule has 19 heavy (non-hydrogen) atoms. The number of hydrogen-bond donors (Lipinski definition) is 1. The largest absolute Gasteiger partial charge is 0.368 e. The van der Waals surface area contributed by atoms with Crippen molar-refractivity contribution >= 4 is 17.8 Å². The van der Waals surface area contributed by atoms with E-state index in [1.54, 1.807) is 0 Å². The molecule has 104 valence electrons. The summed E-state index contributed by atoms with van der Waals surface area (Å²) in [7, 11) is 1.40. The summed E-state index contributed by atoms with van der Waals surface area (Å²) in [4.78, 5) is 36.2. The smallest absolute Gasteiger partial charge is 0.345 e. The Morgan fingerprint density at radius 2 is 2.16 bits per heavy atom. The predicted molar refractivity (Wildman–Crippen MR) is 63.6 cm³/mol. The van der Waals surface area contributed by atoms with Crippen LogP contribution in [0.25, 0.3) is 0 Å². The second kappa shape index (κ2) is 4.48. The number of urea groups is 1. The maximum Gasteiger partial charge on any atom is 0.345 e. The molecule has 1 N–H and O–H groups in total. The highest BCUT2D eigenvalue weighted by Gasteiger charge is 2.45. The molecule has 3 fully saturated rings. The van der Waals surface area contributed by atoms with Gasteiger partial charge in [0, 0.05) is 7.05 Å². The Labute approximate surface area is 110 Å². The van der Waals surface area contributed by atoms with Gasteiger partial charge in [0.05, 0.1) is 6.61 Å². The summed E-state index contributed by atoms with van der Waals surface area (Å²) >= 11 is 0. The van der Waals surface area contributed by atoms with Gasteiger partial charge in [-0.05, 0) is 24.7 Å². The number of nitrogens with one attached hydrogen (secondary N) is 1. The first kappa shape index (κ1) is 12.4. The van der Waals surface area contributed by atoms with Crippen molar-refractivity contribution in [2.45, 2.75) is 25.4 Å². The van der Waals surface area contributed by atoms with Crippen molar-refractivity contribution in [2.75, 3.05) is 20.2 Å². The number of fused-ring (bicyclic) bond motifs is 1. The minimum atomic E-state index is -0.501. The molecule has 1 saturated carbocycles. The van der Waals surface area contributed by atoms with E-state index in [1.807, 2.05) is 0 Å². The lowest BCUT2D eigenvalue weighted by molar-refractivity contribution is -0.135. The number of hydrazine groups is 1. The van der Waals surface area contributed by atoms with Crippen LogP contribution in [0.3, 0.4) is 0 Å². The molecular formula is C12H17N3O4. The number of nitrogens with zero attached hydrogens (tertiary/aromatic N) is 2. The van der Waals surface area contributed by atoms with E-state index in [2.05, 4.69) is 5.43 Å². The van der Waals surface area contributed by atoms with E-state index in [0.29, 0.717) is 12.5 Å². The van der Waals surface area contributed by atoms with Crippen molar-refractivity contribution in [3.8, 4) is 0 Å². The van der Waals surface area contributed by atoms with E-state index in [9.17, 15) is 14.4 Å². The molecule has 3 atom stereocenters. The molecule has 3 aliphatic rings. The standard InChI is InChI=1S/C12H17N3O4/c1-14-9(16)5-15(12(14)18)13-11(17)10-8-4-2-3-7(8)6-19-10/h7-8,10H,2-6H2,1H3,(H,13,17). The van der Waals surface area contributed by atoms with Crippen LogP contribution in [0.15, 0.2) is 0 Å². The van der Waals surface area contributed by atoms with Gasteiger partial charge in [0.2, 0.25) is 0 Å². The van der Waals surface area contributed by atoms with Gasteiger partial charge >= 0.3 is 6.03 Å². The molecule has 0 aromatic heterocycles. The molecule has 4 amide bonds. The van der Waals surface area contributed by atoms with Gasteiger partial charge in [0.15, 0.2) is 0 Å². The Morgan fingerprint density at radius 1 is 1.37 bits per heavy atom. The normalized spacial score (nSPS) is 34.1. The fourth-order valence-corrected chi connectivity index (χ4v) is 3.17. The van der Waals surface area contributed by atoms with Crippen LogP contribution in [0.1, 0.15) is 19.3 Å². The minimum absolute atomic E-state index is 0.109. The number of carbonyl (C=O) groups excluding carboxylic acids is 3. The maximum atomic E-state index is 12.1. The molecule has 0 radical (unpaired) electrons. The Hall–Kier alpha value is -1.63. The van der Waals surface area contributed by atoms with Gasteiger partial charge in [-0.2, -0.15) is 0 Å². The summed E-state index contributed by atoms with van der Waals surface area (Å²) in [6, 6.07) is -0.501. The van der Waals surface area contributed by atoms with Gasteiger partial charge in [0.25, 0.3) is 11.8 Å². The minimum Gasteiger partial charge on any atom is -0.368 e. The van der Waals surface area contributed by atoms with E-state index in [4.69, 9.17) is 4.74 Å². The number of hydrogen-bond acceptors (Lipinski definition) is 4. The van der Waals surface area contributed by atoms with Crippen molar-refractivity contribution in [2.24, 2.45) is 11.8 Å². The van der Waals surface area contributed by atoms with Gasteiger partial charge in [-0.1, -0.05) is 6.42 Å². The van der Waals surface area contributed by atoms with Crippen molar-refractivity contribution in [1.82, 2.24) is 15.3 Å². The van der Waals surface area contributed by atoms with Gasteiger partial charge in [-0.3, -0.25) is 19.9 Å². The topological polar surface area (TPSA) is 79.0 Å². The second-order valence-electron chi connectivity index (χ2n) is 5.41. The number of amides is 4. The molecule has 1 aliphatic carbocycles. The first-order chi connectivity index (χ1) is 9.08. The summed E-state index contributed by atoms with van der Waals surface area (Å²) in [6.45, 7) is 0.511. The summed E-state index contributed by atoms with van der Waals surface area (Å²) in [6.07, 6.45) is 2.75. The third kappa shape index (κ3) is 1.98. The summed E-state index contributed by atoms with van der Waals surface area (Å²) in [5.41, 5.74) is 2.50. The van der Waals surface area contributed by atoms with Crippen LogP contribution in [0.2, 0.25) is 0 Å². The molecule has 3 unspecified atom stereocenters. The molecule has 7 heteroatoms. The highest BCUT2D eigenvalue weighted by Crippen LogP contribution is 2.40. The van der Waals surface area contributed by atoms with Gasteiger partial charge in [-0.25, -0.2) is 9.80 Å². The molecule has 0 aromatic rings. The zero-order valence-electron chi connectivity index (χ0n) is 10.8. The van der Waals surface area contributed by atoms with E-state index >= 15 is 0 Å². The molecule has 0 bridgehead atoms. The van der Waals surface area contributed by atoms with E-state index in [-0.39, 0.29) is 24.3 Å². The first-order valence-corrected chi connectivity index (χ1v) is 6.58. The van der Waals surface area contributed by atoms with Crippen LogP contribution < -0.4 is 5.43 Å². The third-order valence-corrected chi connectivity index (χ3v) is 4.29. The number of likely N-dealkylation sites (N-methyl/N-ethyl adjacent to an activating group) is 1. The highest BCUT2D eigenvalue weighted by atomic mass is 16.5.